The van der Waals surface area contributed by atoms with Crippen molar-refractivity contribution in [3.63, 3.8) is 0 Å². The van der Waals surface area contributed by atoms with Gasteiger partial charge in [0.05, 0.1) is 13.2 Å². The molecule has 1 aliphatic heterocycles. The highest BCUT2D eigenvalue weighted by Gasteiger charge is 2.18. The number of anilines is 2. The Morgan fingerprint density at radius 3 is 2.34 bits per heavy atom. The molecule has 158 valence electrons. The van der Waals surface area contributed by atoms with Crippen molar-refractivity contribution in [3.8, 4) is 0 Å². The average Bonchev–Trinajstić information content (AvgIpc) is 2.74. The second-order valence-electron chi connectivity index (χ2n) is 6.74. The topological polar surface area (TPSA) is 66.1 Å². The summed E-state index contributed by atoms with van der Waals surface area (Å²) in [5.41, 5.74) is 9.64. The van der Waals surface area contributed by atoms with Crippen LogP contribution >= 0.6 is 35.6 Å². The lowest BCUT2D eigenvalue weighted by Gasteiger charge is -2.36. The number of piperazine rings is 1. The van der Waals surface area contributed by atoms with Crippen LogP contribution in [0, 0.1) is 0 Å². The highest BCUT2D eigenvalue weighted by atomic mass is 127. The zero-order valence-electron chi connectivity index (χ0n) is 16.7. The molecule has 2 aromatic carbocycles. The molecule has 1 saturated heterocycles. The predicted octanol–water partition coefficient (Wildman–Crippen LogP) is 3.65. The van der Waals surface area contributed by atoms with E-state index in [1.165, 1.54) is 5.69 Å². The summed E-state index contributed by atoms with van der Waals surface area (Å²) >= 11 is 5.97. The summed E-state index contributed by atoms with van der Waals surface area (Å²) in [6.45, 7) is 5.62. The van der Waals surface area contributed by atoms with Crippen LogP contribution in [0.4, 0.5) is 11.4 Å². The van der Waals surface area contributed by atoms with Crippen molar-refractivity contribution >= 4 is 52.9 Å². The highest BCUT2D eigenvalue weighted by Crippen LogP contribution is 2.19. The monoisotopic (exact) mass is 529 g/mol. The van der Waals surface area contributed by atoms with Gasteiger partial charge in [0.25, 0.3) is 0 Å². The van der Waals surface area contributed by atoms with Crippen LogP contribution in [-0.2, 0) is 11.3 Å². The van der Waals surface area contributed by atoms with Crippen molar-refractivity contribution in [1.29, 1.82) is 0 Å². The average molecular weight is 530 g/mol. The van der Waals surface area contributed by atoms with Gasteiger partial charge in [0.2, 0.25) is 0 Å². The minimum absolute atomic E-state index is 0. The molecule has 0 aromatic heterocycles. The first-order valence-corrected chi connectivity index (χ1v) is 9.90. The molecule has 0 aliphatic carbocycles. The zero-order chi connectivity index (χ0) is 19.8. The zero-order valence-corrected chi connectivity index (χ0v) is 19.8. The molecule has 0 amide bonds. The summed E-state index contributed by atoms with van der Waals surface area (Å²) in [4.78, 5) is 9.07. The molecule has 2 aromatic rings. The van der Waals surface area contributed by atoms with Crippen LogP contribution in [-0.4, -0.2) is 57.3 Å². The number of ether oxygens (including phenoxy) is 1. The van der Waals surface area contributed by atoms with Crippen LogP contribution < -0.4 is 16.0 Å². The fraction of sp³-hybridized carbons (Fsp3) is 0.381. The van der Waals surface area contributed by atoms with Crippen molar-refractivity contribution in [2.75, 3.05) is 56.7 Å². The van der Waals surface area contributed by atoms with E-state index in [2.05, 4.69) is 56.5 Å². The number of hydrogen-bond donors (Lipinski definition) is 2. The molecular weight excluding hydrogens is 501 g/mol. The quantitative estimate of drug-likeness (QED) is 0.248. The van der Waals surface area contributed by atoms with Gasteiger partial charge in [-0.25, -0.2) is 4.99 Å². The number of methoxy groups -OCH3 is 1. The Morgan fingerprint density at radius 1 is 1.07 bits per heavy atom. The number of nitrogens with zero attached hydrogens (tertiary/aromatic N) is 3. The molecule has 0 spiro atoms. The Kier molecular flexibility index (Phi) is 9.83. The molecule has 0 unspecified atom stereocenters. The van der Waals surface area contributed by atoms with Gasteiger partial charge in [-0.2, -0.15) is 0 Å². The first kappa shape index (κ1) is 23.6. The number of aliphatic imine (C=N–C) groups is 1. The van der Waals surface area contributed by atoms with Crippen molar-refractivity contribution in [3.05, 3.63) is 59.1 Å². The summed E-state index contributed by atoms with van der Waals surface area (Å²) in [5.74, 6) is 0.609. The molecule has 8 heteroatoms. The van der Waals surface area contributed by atoms with E-state index in [-0.39, 0.29) is 24.0 Å². The smallest absolute Gasteiger partial charge is 0.191 e. The molecule has 0 atom stereocenters. The minimum Gasteiger partial charge on any atom is -0.383 e. The second-order valence-corrected chi connectivity index (χ2v) is 7.18. The van der Waals surface area contributed by atoms with Gasteiger partial charge in [0, 0.05) is 56.2 Å². The third kappa shape index (κ3) is 7.24. The highest BCUT2D eigenvalue weighted by molar-refractivity contribution is 14.0. The first-order chi connectivity index (χ1) is 13.7. The van der Waals surface area contributed by atoms with E-state index in [0.29, 0.717) is 19.1 Å². The molecule has 1 fully saturated rings. The van der Waals surface area contributed by atoms with Gasteiger partial charge < -0.3 is 25.6 Å². The number of rotatable bonds is 7. The largest absolute Gasteiger partial charge is 0.383 e. The van der Waals surface area contributed by atoms with Crippen LogP contribution in [0.2, 0.25) is 5.02 Å². The molecule has 1 aliphatic rings. The maximum Gasteiger partial charge on any atom is 0.191 e. The summed E-state index contributed by atoms with van der Waals surface area (Å²) in [5, 5.41) is 4.07. The van der Waals surface area contributed by atoms with Crippen LogP contribution in [0.15, 0.2) is 53.5 Å². The van der Waals surface area contributed by atoms with Crippen LogP contribution in [0.3, 0.4) is 0 Å². The van der Waals surface area contributed by atoms with Crippen molar-refractivity contribution in [2.24, 2.45) is 10.7 Å². The summed E-state index contributed by atoms with van der Waals surface area (Å²) < 4.78 is 5.04. The van der Waals surface area contributed by atoms with Gasteiger partial charge >= 0.3 is 0 Å². The van der Waals surface area contributed by atoms with Gasteiger partial charge in [-0.1, -0.05) is 23.7 Å². The lowest BCUT2D eigenvalue weighted by atomic mass is 10.2. The lowest BCUT2D eigenvalue weighted by Crippen LogP contribution is -2.51. The molecule has 0 saturated carbocycles. The number of benzene rings is 2. The van der Waals surface area contributed by atoms with E-state index in [4.69, 9.17) is 22.1 Å². The van der Waals surface area contributed by atoms with Gasteiger partial charge in [0.15, 0.2) is 5.96 Å². The first-order valence-electron chi connectivity index (χ1n) is 9.53. The standard InChI is InChI=1S/C21H28ClN5O.HI/c1-28-15-10-24-19-6-2-17(3-7-19)16-25-21(23)27-13-11-26(12-14-27)20-8-4-18(22)5-9-20;/h2-9,24H,10-16H2,1H3,(H2,23,25);1H. The molecule has 1 heterocycles. The SMILES string of the molecule is COCCNc1ccc(CN=C(N)N2CCN(c3ccc(Cl)cc3)CC2)cc1.I. The third-order valence-electron chi connectivity index (χ3n) is 4.81. The Hall–Kier alpha value is -1.71. The molecule has 3 N–H and O–H groups in total. The molecule has 6 nitrogen and oxygen atoms in total. The number of halogens is 2. The number of guanidine groups is 1. The normalized spacial score (nSPS) is 14.5. The summed E-state index contributed by atoms with van der Waals surface area (Å²) in [6.07, 6.45) is 0. The van der Waals surface area contributed by atoms with Crippen molar-refractivity contribution < 1.29 is 4.74 Å². The Bertz CT molecular complexity index is 762. The van der Waals surface area contributed by atoms with E-state index in [9.17, 15) is 0 Å². The minimum atomic E-state index is 0. The fourth-order valence-electron chi connectivity index (χ4n) is 3.14. The van der Waals surface area contributed by atoms with Gasteiger partial charge in [0.1, 0.15) is 0 Å². The maximum absolute atomic E-state index is 6.22. The third-order valence-corrected chi connectivity index (χ3v) is 5.06. The molecular formula is C21H29ClIN5O. The van der Waals surface area contributed by atoms with E-state index in [1.54, 1.807) is 7.11 Å². The predicted molar refractivity (Wildman–Crippen MR) is 133 cm³/mol. The maximum atomic E-state index is 6.22. The van der Waals surface area contributed by atoms with Gasteiger partial charge in [-0.3, -0.25) is 0 Å². The summed E-state index contributed by atoms with van der Waals surface area (Å²) in [7, 11) is 1.70. The Labute approximate surface area is 195 Å². The van der Waals surface area contributed by atoms with E-state index in [0.717, 1.165) is 49.0 Å². The summed E-state index contributed by atoms with van der Waals surface area (Å²) in [6, 6.07) is 16.2. The number of nitrogens with one attached hydrogen (secondary N) is 1. The van der Waals surface area contributed by atoms with Crippen molar-refractivity contribution in [2.45, 2.75) is 6.54 Å². The van der Waals surface area contributed by atoms with E-state index < -0.39 is 0 Å². The van der Waals surface area contributed by atoms with Crippen LogP contribution in [0.1, 0.15) is 5.56 Å². The number of hydrogen-bond acceptors (Lipinski definition) is 4. The van der Waals surface area contributed by atoms with Crippen LogP contribution in [0.25, 0.3) is 0 Å². The van der Waals surface area contributed by atoms with E-state index in [1.807, 2.05) is 12.1 Å². The molecule has 3 rings (SSSR count). The molecule has 0 bridgehead atoms. The van der Waals surface area contributed by atoms with Crippen LogP contribution in [0.5, 0.6) is 0 Å². The van der Waals surface area contributed by atoms with Gasteiger partial charge in [-0.05, 0) is 42.0 Å². The Morgan fingerprint density at radius 2 is 1.72 bits per heavy atom. The van der Waals surface area contributed by atoms with E-state index >= 15 is 0 Å². The second kappa shape index (κ2) is 12.1. The molecule has 29 heavy (non-hydrogen) atoms. The van der Waals surface area contributed by atoms with Crippen molar-refractivity contribution in [1.82, 2.24) is 4.90 Å². The molecule has 0 radical (unpaired) electrons. The Balaban J connectivity index is 0.00000300. The lowest BCUT2D eigenvalue weighted by molar-refractivity contribution is 0.211. The number of nitrogens with two attached hydrogens (primary N) is 1. The fourth-order valence-corrected chi connectivity index (χ4v) is 3.27. The van der Waals surface area contributed by atoms with Gasteiger partial charge in [-0.15, -0.1) is 24.0 Å².